The molecule has 0 aliphatic carbocycles. The van der Waals surface area contributed by atoms with Crippen LogP contribution in [0.4, 0.5) is 0 Å². The molecule has 0 amide bonds. The standard InChI is InChI=1S/C13H6N6O/c14-4-8-2-1-3-9(5-15)11(8)19-12-10(6-18-19)13(20)17-7-16-12/h1-3,6-7H,(H,16,17,20). The van der Waals surface area contributed by atoms with E-state index in [-0.39, 0.29) is 16.7 Å². The summed E-state index contributed by atoms with van der Waals surface area (Å²) in [7, 11) is 0. The Hall–Kier alpha value is -3.45. The summed E-state index contributed by atoms with van der Waals surface area (Å²) >= 11 is 0. The van der Waals surface area contributed by atoms with Crippen molar-refractivity contribution in [1.82, 2.24) is 19.7 Å². The molecule has 0 bridgehead atoms. The Balaban J connectivity index is 2.44. The van der Waals surface area contributed by atoms with Crippen molar-refractivity contribution < 1.29 is 0 Å². The van der Waals surface area contributed by atoms with E-state index in [1.165, 1.54) is 17.2 Å². The third-order valence-corrected chi connectivity index (χ3v) is 2.86. The Morgan fingerprint density at radius 2 is 1.90 bits per heavy atom. The van der Waals surface area contributed by atoms with Gasteiger partial charge in [-0.2, -0.15) is 15.6 Å². The summed E-state index contributed by atoms with van der Waals surface area (Å²) in [4.78, 5) is 18.2. The van der Waals surface area contributed by atoms with E-state index < -0.39 is 0 Å². The first-order chi connectivity index (χ1) is 9.76. The summed E-state index contributed by atoms with van der Waals surface area (Å²) in [6.45, 7) is 0. The smallest absolute Gasteiger partial charge is 0.261 e. The molecule has 7 nitrogen and oxygen atoms in total. The number of aromatic nitrogens is 4. The molecule has 0 saturated heterocycles. The number of hydrogen-bond acceptors (Lipinski definition) is 5. The Labute approximate surface area is 112 Å². The van der Waals surface area contributed by atoms with Crippen molar-refractivity contribution in [1.29, 1.82) is 10.5 Å². The van der Waals surface area contributed by atoms with Gasteiger partial charge >= 0.3 is 0 Å². The van der Waals surface area contributed by atoms with Crippen molar-refractivity contribution in [3.63, 3.8) is 0 Å². The van der Waals surface area contributed by atoms with Gasteiger partial charge in [0.1, 0.15) is 23.2 Å². The van der Waals surface area contributed by atoms with Crippen LogP contribution >= 0.6 is 0 Å². The van der Waals surface area contributed by atoms with Gasteiger partial charge in [0.05, 0.1) is 23.7 Å². The van der Waals surface area contributed by atoms with Crippen LogP contribution in [0.1, 0.15) is 11.1 Å². The molecule has 0 aliphatic heterocycles. The van der Waals surface area contributed by atoms with Crippen LogP contribution in [0.3, 0.4) is 0 Å². The summed E-state index contributed by atoms with van der Waals surface area (Å²) in [5, 5.41) is 22.7. The molecule has 3 aromatic rings. The summed E-state index contributed by atoms with van der Waals surface area (Å²) in [6, 6.07) is 8.80. The maximum absolute atomic E-state index is 11.7. The van der Waals surface area contributed by atoms with Gasteiger partial charge in [0.25, 0.3) is 5.56 Å². The van der Waals surface area contributed by atoms with E-state index in [9.17, 15) is 15.3 Å². The molecule has 0 saturated carbocycles. The van der Waals surface area contributed by atoms with E-state index in [2.05, 4.69) is 15.1 Å². The van der Waals surface area contributed by atoms with Gasteiger partial charge in [-0.1, -0.05) is 6.07 Å². The zero-order valence-corrected chi connectivity index (χ0v) is 10.0. The molecule has 0 unspecified atom stereocenters. The van der Waals surface area contributed by atoms with Crippen LogP contribution in [0.5, 0.6) is 0 Å². The Morgan fingerprint density at radius 3 is 2.55 bits per heavy atom. The second-order valence-electron chi connectivity index (χ2n) is 3.95. The number of para-hydroxylation sites is 1. The fraction of sp³-hybridized carbons (Fsp3) is 0. The number of nitrogens with zero attached hydrogens (tertiary/aromatic N) is 5. The van der Waals surface area contributed by atoms with Crippen molar-refractivity contribution in [2.45, 2.75) is 0 Å². The van der Waals surface area contributed by atoms with Gasteiger partial charge in [-0.15, -0.1) is 0 Å². The van der Waals surface area contributed by atoms with Crippen molar-refractivity contribution in [2.75, 3.05) is 0 Å². The zero-order valence-electron chi connectivity index (χ0n) is 10.0. The van der Waals surface area contributed by atoms with Crippen LogP contribution in [0.2, 0.25) is 0 Å². The molecule has 0 spiro atoms. The Bertz CT molecular complexity index is 921. The van der Waals surface area contributed by atoms with Gasteiger partial charge in [-0.05, 0) is 12.1 Å². The fourth-order valence-corrected chi connectivity index (χ4v) is 1.97. The first-order valence-electron chi connectivity index (χ1n) is 5.61. The van der Waals surface area contributed by atoms with Gasteiger partial charge < -0.3 is 4.98 Å². The highest BCUT2D eigenvalue weighted by Gasteiger charge is 2.15. The third-order valence-electron chi connectivity index (χ3n) is 2.86. The van der Waals surface area contributed by atoms with E-state index in [1.54, 1.807) is 18.2 Å². The highest BCUT2D eigenvalue weighted by Crippen LogP contribution is 2.21. The van der Waals surface area contributed by atoms with E-state index in [0.29, 0.717) is 16.7 Å². The highest BCUT2D eigenvalue weighted by atomic mass is 16.1. The minimum atomic E-state index is -0.325. The van der Waals surface area contributed by atoms with Crippen LogP contribution in [-0.2, 0) is 0 Å². The van der Waals surface area contributed by atoms with Gasteiger partial charge in [0, 0.05) is 0 Å². The first-order valence-corrected chi connectivity index (χ1v) is 5.61. The number of nitriles is 2. The highest BCUT2D eigenvalue weighted by molar-refractivity contribution is 5.76. The van der Waals surface area contributed by atoms with Crippen LogP contribution in [0.15, 0.2) is 35.5 Å². The van der Waals surface area contributed by atoms with Gasteiger partial charge in [-0.25, -0.2) is 9.67 Å². The molecule has 3 rings (SSSR count). The molecule has 7 heteroatoms. The lowest BCUT2D eigenvalue weighted by Crippen LogP contribution is -2.08. The van der Waals surface area contributed by atoms with E-state index in [4.69, 9.17) is 0 Å². The third kappa shape index (κ3) is 1.55. The predicted octanol–water partition coefficient (Wildman–Crippen LogP) is 0.852. The average Bonchev–Trinajstić information content (AvgIpc) is 2.91. The number of rotatable bonds is 1. The molecule has 20 heavy (non-hydrogen) atoms. The lowest BCUT2D eigenvalue weighted by atomic mass is 10.1. The van der Waals surface area contributed by atoms with Gasteiger partial charge in [0.15, 0.2) is 5.65 Å². The van der Waals surface area contributed by atoms with E-state index in [0.717, 1.165) is 0 Å². The molecule has 2 aromatic heterocycles. The summed E-state index contributed by atoms with van der Waals surface area (Å²) in [6.07, 6.45) is 2.61. The molecular weight excluding hydrogens is 256 g/mol. The van der Waals surface area contributed by atoms with E-state index >= 15 is 0 Å². The summed E-state index contributed by atoms with van der Waals surface area (Å²) in [5.41, 5.74) is 0.875. The van der Waals surface area contributed by atoms with Crippen molar-refractivity contribution in [3.05, 3.63) is 52.2 Å². The molecule has 0 aliphatic rings. The predicted molar refractivity (Wildman–Crippen MR) is 68.9 cm³/mol. The largest absolute Gasteiger partial charge is 0.312 e. The monoisotopic (exact) mass is 262 g/mol. The van der Waals surface area contributed by atoms with Crippen LogP contribution in [-0.4, -0.2) is 19.7 Å². The molecule has 1 aromatic carbocycles. The maximum atomic E-state index is 11.7. The number of H-pyrrole nitrogens is 1. The van der Waals surface area contributed by atoms with Crippen LogP contribution in [0.25, 0.3) is 16.7 Å². The summed E-state index contributed by atoms with van der Waals surface area (Å²) in [5.74, 6) is 0. The molecule has 0 radical (unpaired) electrons. The summed E-state index contributed by atoms with van der Waals surface area (Å²) < 4.78 is 1.33. The van der Waals surface area contributed by atoms with Crippen molar-refractivity contribution in [2.24, 2.45) is 0 Å². The topological polar surface area (TPSA) is 111 Å². The second-order valence-corrected chi connectivity index (χ2v) is 3.95. The number of benzene rings is 1. The molecule has 0 fully saturated rings. The molecule has 0 atom stereocenters. The minimum absolute atomic E-state index is 0.288. The number of nitrogens with one attached hydrogen (secondary N) is 1. The van der Waals surface area contributed by atoms with Crippen molar-refractivity contribution >= 4 is 11.0 Å². The molecular formula is C13H6N6O. The molecule has 1 N–H and O–H groups in total. The lowest BCUT2D eigenvalue weighted by molar-refractivity contribution is 0.888. The minimum Gasteiger partial charge on any atom is -0.312 e. The fourth-order valence-electron chi connectivity index (χ4n) is 1.97. The van der Waals surface area contributed by atoms with Gasteiger partial charge in [0.2, 0.25) is 0 Å². The van der Waals surface area contributed by atoms with Crippen LogP contribution < -0.4 is 5.56 Å². The quantitative estimate of drug-likeness (QED) is 0.698. The lowest BCUT2D eigenvalue weighted by Gasteiger charge is -2.06. The van der Waals surface area contributed by atoms with Crippen molar-refractivity contribution in [3.8, 4) is 17.8 Å². The number of hydrogen-bond donors (Lipinski definition) is 1. The van der Waals surface area contributed by atoms with E-state index in [1.807, 2.05) is 12.1 Å². The molecule has 94 valence electrons. The normalized spacial score (nSPS) is 10.1. The van der Waals surface area contributed by atoms with Gasteiger partial charge in [-0.3, -0.25) is 4.79 Å². The SMILES string of the molecule is N#Cc1cccc(C#N)c1-n1ncc2c(=O)[nH]cnc21. The Kier molecular flexibility index (Phi) is 2.52. The molecule has 2 heterocycles. The maximum Gasteiger partial charge on any atom is 0.261 e. The Morgan fingerprint density at radius 1 is 1.20 bits per heavy atom. The second kappa shape index (κ2) is 4.34. The average molecular weight is 262 g/mol. The number of fused-ring (bicyclic) bond motifs is 1. The first kappa shape index (κ1) is 11.6. The number of aromatic amines is 1. The van der Waals surface area contributed by atoms with Crippen LogP contribution in [0, 0.1) is 22.7 Å². The zero-order chi connectivity index (χ0) is 14.1.